The summed E-state index contributed by atoms with van der Waals surface area (Å²) in [5, 5.41) is 21.8. The van der Waals surface area contributed by atoms with E-state index in [4.69, 9.17) is 10.9 Å². The zero-order valence-corrected chi connectivity index (χ0v) is 11.8. The fraction of sp³-hybridized carbons (Fsp3) is 0.846. The lowest BCUT2D eigenvalue weighted by Crippen LogP contribution is -2.42. The Balaban J connectivity index is 2.74. The van der Waals surface area contributed by atoms with Crippen molar-refractivity contribution in [3.63, 3.8) is 0 Å². The van der Waals surface area contributed by atoms with E-state index in [1.165, 1.54) is 0 Å². The Bertz CT molecular complexity index is 342. The molecule has 19 heavy (non-hydrogen) atoms. The van der Waals surface area contributed by atoms with Crippen molar-refractivity contribution in [3.8, 4) is 0 Å². The zero-order chi connectivity index (χ0) is 14.5. The van der Waals surface area contributed by atoms with E-state index in [2.05, 4.69) is 5.16 Å². The van der Waals surface area contributed by atoms with Gasteiger partial charge in [0.25, 0.3) is 0 Å². The predicted octanol–water partition coefficient (Wildman–Crippen LogP) is 0.913. The van der Waals surface area contributed by atoms with Gasteiger partial charge in [-0.1, -0.05) is 18.5 Å². The average Bonchev–Trinajstić information content (AvgIpc) is 2.55. The number of hydrogen-bond donors (Lipinski definition) is 3. The molecule has 1 aliphatic rings. The van der Waals surface area contributed by atoms with Crippen molar-refractivity contribution >= 4 is 11.7 Å². The molecule has 0 aromatic heterocycles. The number of carbonyl (C=O) groups excluding carboxylic acids is 1. The fourth-order valence-corrected chi connectivity index (χ4v) is 2.46. The van der Waals surface area contributed by atoms with Crippen LogP contribution in [0.3, 0.4) is 0 Å². The van der Waals surface area contributed by atoms with E-state index in [0.29, 0.717) is 32.4 Å². The summed E-state index contributed by atoms with van der Waals surface area (Å²) < 4.78 is 0. The number of amidine groups is 1. The maximum Gasteiger partial charge on any atom is 0.233 e. The standard InChI is InChI=1S/C13H25N3O3/c1-3-5-10(11(14)15-19)12(17)16-8-4-6-13(2,18)7-9-16/h10,18-19H,3-9H2,1-2H3,(H2,14,15). The van der Waals surface area contributed by atoms with Crippen LogP contribution in [-0.2, 0) is 4.79 Å². The van der Waals surface area contributed by atoms with Gasteiger partial charge in [-0.3, -0.25) is 4.79 Å². The van der Waals surface area contributed by atoms with E-state index in [-0.39, 0.29) is 11.7 Å². The van der Waals surface area contributed by atoms with E-state index in [0.717, 1.165) is 12.8 Å². The van der Waals surface area contributed by atoms with Gasteiger partial charge in [0.2, 0.25) is 5.91 Å². The largest absolute Gasteiger partial charge is 0.409 e. The molecule has 6 nitrogen and oxygen atoms in total. The Labute approximate surface area is 114 Å². The highest BCUT2D eigenvalue weighted by molar-refractivity contribution is 6.02. The van der Waals surface area contributed by atoms with E-state index in [1.54, 1.807) is 11.8 Å². The molecule has 2 unspecified atom stereocenters. The molecule has 0 aliphatic carbocycles. The van der Waals surface area contributed by atoms with Crippen LogP contribution in [0.2, 0.25) is 0 Å². The van der Waals surface area contributed by atoms with Crippen LogP contribution in [0.5, 0.6) is 0 Å². The molecular formula is C13H25N3O3. The average molecular weight is 271 g/mol. The van der Waals surface area contributed by atoms with E-state index in [9.17, 15) is 9.90 Å². The Kier molecular flexibility index (Phi) is 5.60. The summed E-state index contributed by atoms with van der Waals surface area (Å²) in [6.45, 7) is 4.89. The lowest BCUT2D eigenvalue weighted by atomic mass is 9.98. The first-order valence-corrected chi connectivity index (χ1v) is 6.90. The van der Waals surface area contributed by atoms with E-state index < -0.39 is 11.5 Å². The second-order valence-electron chi connectivity index (χ2n) is 5.54. The fourth-order valence-electron chi connectivity index (χ4n) is 2.46. The van der Waals surface area contributed by atoms with Gasteiger partial charge in [0.1, 0.15) is 0 Å². The molecule has 6 heteroatoms. The van der Waals surface area contributed by atoms with Crippen LogP contribution >= 0.6 is 0 Å². The van der Waals surface area contributed by atoms with Gasteiger partial charge in [-0.2, -0.15) is 0 Å². The summed E-state index contributed by atoms with van der Waals surface area (Å²) in [4.78, 5) is 14.1. The molecule has 0 saturated carbocycles. The SMILES string of the molecule is CCCC(C(=O)N1CCCC(C)(O)CC1)C(N)=NO. The van der Waals surface area contributed by atoms with E-state index in [1.807, 2.05) is 6.92 Å². The lowest BCUT2D eigenvalue weighted by Gasteiger charge is -2.26. The van der Waals surface area contributed by atoms with Crippen LogP contribution < -0.4 is 5.73 Å². The topological polar surface area (TPSA) is 99.2 Å². The minimum atomic E-state index is -0.702. The Morgan fingerprint density at radius 2 is 2.16 bits per heavy atom. The van der Waals surface area contributed by atoms with Gasteiger partial charge >= 0.3 is 0 Å². The van der Waals surface area contributed by atoms with Gasteiger partial charge in [-0.05, 0) is 32.6 Å². The summed E-state index contributed by atoms with van der Waals surface area (Å²) in [5.41, 5.74) is 4.90. The number of nitrogens with two attached hydrogens (primary N) is 1. The van der Waals surface area contributed by atoms with Crippen LogP contribution in [0.4, 0.5) is 0 Å². The first-order chi connectivity index (χ1) is 8.91. The molecule has 1 rings (SSSR count). The molecular weight excluding hydrogens is 246 g/mol. The third-order valence-corrected chi connectivity index (χ3v) is 3.72. The maximum absolute atomic E-state index is 12.4. The van der Waals surface area contributed by atoms with Gasteiger partial charge in [-0.15, -0.1) is 0 Å². The highest BCUT2D eigenvalue weighted by Crippen LogP contribution is 2.23. The number of oxime groups is 1. The predicted molar refractivity (Wildman–Crippen MR) is 72.9 cm³/mol. The summed E-state index contributed by atoms with van der Waals surface area (Å²) in [6, 6.07) is 0. The second kappa shape index (κ2) is 6.75. The molecule has 4 N–H and O–H groups in total. The van der Waals surface area contributed by atoms with Crippen molar-refractivity contribution in [2.24, 2.45) is 16.8 Å². The Hall–Kier alpha value is -1.30. The molecule has 0 radical (unpaired) electrons. The Morgan fingerprint density at radius 3 is 2.74 bits per heavy atom. The van der Waals surface area contributed by atoms with Crippen molar-refractivity contribution in [3.05, 3.63) is 0 Å². The van der Waals surface area contributed by atoms with Crippen LogP contribution in [0, 0.1) is 5.92 Å². The van der Waals surface area contributed by atoms with Crippen LogP contribution in [0.1, 0.15) is 46.0 Å². The third kappa shape index (κ3) is 4.38. The quantitative estimate of drug-likeness (QED) is 0.306. The number of carbonyl (C=O) groups is 1. The number of nitrogens with zero attached hydrogens (tertiary/aromatic N) is 2. The molecule has 1 saturated heterocycles. The number of aliphatic hydroxyl groups is 1. The van der Waals surface area contributed by atoms with Crippen LogP contribution in [0.15, 0.2) is 5.16 Å². The van der Waals surface area contributed by atoms with E-state index >= 15 is 0 Å². The third-order valence-electron chi connectivity index (χ3n) is 3.72. The molecule has 110 valence electrons. The Morgan fingerprint density at radius 1 is 1.47 bits per heavy atom. The summed E-state index contributed by atoms with van der Waals surface area (Å²) in [6.07, 6.45) is 3.39. The minimum Gasteiger partial charge on any atom is -0.409 e. The zero-order valence-electron chi connectivity index (χ0n) is 11.8. The van der Waals surface area contributed by atoms with Crippen molar-refractivity contribution in [2.75, 3.05) is 13.1 Å². The van der Waals surface area contributed by atoms with Gasteiger partial charge in [-0.25, -0.2) is 0 Å². The van der Waals surface area contributed by atoms with Crippen molar-refractivity contribution in [1.82, 2.24) is 4.90 Å². The minimum absolute atomic E-state index is 0.0251. The van der Waals surface area contributed by atoms with Gasteiger partial charge < -0.3 is 20.9 Å². The second-order valence-corrected chi connectivity index (χ2v) is 5.54. The molecule has 0 spiro atoms. The summed E-state index contributed by atoms with van der Waals surface area (Å²) in [7, 11) is 0. The van der Waals surface area contributed by atoms with Gasteiger partial charge in [0.05, 0.1) is 11.5 Å². The first-order valence-electron chi connectivity index (χ1n) is 6.90. The maximum atomic E-state index is 12.4. The molecule has 1 heterocycles. The molecule has 1 fully saturated rings. The molecule has 0 bridgehead atoms. The number of rotatable bonds is 4. The molecule has 1 amide bonds. The van der Waals surface area contributed by atoms with Crippen molar-refractivity contribution < 1.29 is 15.1 Å². The normalized spacial score (nSPS) is 26.9. The highest BCUT2D eigenvalue weighted by Gasteiger charge is 2.31. The van der Waals surface area contributed by atoms with Crippen LogP contribution in [-0.4, -0.2) is 45.6 Å². The summed E-state index contributed by atoms with van der Waals surface area (Å²) >= 11 is 0. The number of hydrogen-bond acceptors (Lipinski definition) is 4. The molecule has 0 aromatic carbocycles. The van der Waals surface area contributed by atoms with Crippen LogP contribution in [0.25, 0.3) is 0 Å². The number of likely N-dealkylation sites (tertiary alicyclic amines) is 1. The lowest BCUT2D eigenvalue weighted by molar-refractivity contribution is -0.133. The highest BCUT2D eigenvalue weighted by atomic mass is 16.4. The smallest absolute Gasteiger partial charge is 0.233 e. The van der Waals surface area contributed by atoms with Gasteiger partial charge in [0.15, 0.2) is 5.84 Å². The van der Waals surface area contributed by atoms with Gasteiger partial charge in [0, 0.05) is 13.1 Å². The van der Waals surface area contributed by atoms with Crippen molar-refractivity contribution in [1.29, 1.82) is 0 Å². The summed E-state index contributed by atoms with van der Waals surface area (Å²) in [5.74, 6) is -0.684. The molecule has 0 aromatic rings. The molecule has 2 atom stereocenters. The first kappa shape index (κ1) is 15.8. The van der Waals surface area contributed by atoms with Crippen molar-refractivity contribution in [2.45, 2.75) is 51.6 Å². The molecule has 1 aliphatic heterocycles. The number of amides is 1. The monoisotopic (exact) mass is 271 g/mol.